The van der Waals surface area contributed by atoms with Crippen LogP contribution in [-0.2, 0) is 5.88 Å². The lowest BCUT2D eigenvalue weighted by Gasteiger charge is -2.03. The molecule has 0 aliphatic rings. The molecular weight excluding hydrogens is 273 g/mol. The van der Waals surface area contributed by atoms with E-state index in [0.717, 1.165) is 21.2 Å². The highest BCUT2D eigenvalue weighted by Crippen LogP contribution is 2.23. The van der Waals surface area contributed by atoms with Crippen LogP contribution in [0, 0.1) is 0 Å². The molecule has 0 atom stereocenters. The first-order valence-corrected chi connectivity index (χ1v) is 5.88. The summed E-state index contributed by atoms with van der Waals surface area (Å²) in [6, 6.07) is 10.2. The van der Waals surface area contributed by atoms with E-state index in [9.17, 15) is 0 Å². The molecule has 1 aromatic heterocycles. The molecule has 2 aromatic rings. The van der Waals surface area contributed by atoms with Crippen LogP contribution in [0.2, 0.25) is 0 Å². The number of halogens is 2. The lowest BCUT2D eigenvalue weighted by molar-refractivity contribution is 1.25. The van der Waals surface area contributed by atoms with Gasteiger partial charge in [0.2, 0.25) is 0 Å². The minimum atomic E-state index is 0.495. The van der Waals surface area contributed by atoms with E-state index in [2.05, 4.69) is 39.1 Å². The predicted octanol–water partition coefficient (Wildman–Crippen LogP) is 4.25. The zero-order valence-electron chi connectivity index (χ0n) is 7.95. The smallest absolute Gasteiger partial charge is 0.0489 e. The molecule has 15 heavy (non-hydrogen) atoms. The third-order valence-corrected chi connectivity index (χ3v) is 2.91. The first-order valence-electron chi connectivity index (χ1n) is 4.55. The van der Waals surface area contributed by atoms with Crippen molar-refractivity contribution in [2.45, 2.75) is 5.88 Å². The number of aromatic nitrogens is 1. The van der Waals surface area contributed by atoms with Gasteiger partial charge in [-0.2, -0.15) is 0 Å². The molecule has 0 saturated heterocycles. The van der Waals surface area contributed by atoms with Crippen molar-refractivity contribution in [1.82, 2.24) is 4.98 Å². The van der Waals surface area contributed by atoms with E-state index in [-0.39, 0.29) is 0 Å². The molecule has 1 aromatic carbocycles. The molecule has 0 saturated carbocycles. The Hall–Kier alpha value is -0.860. The molecule has 0 amide bonds. The van der Waals surface area contributed by atoms with Crippen LogP contribution >= 0.6 is 27.5 Å². The Morgan fingerprint density at radius 1 is 1.13 bits per heavy atom. The number of rotatable bonds is 2. The summed E-state index contributed by atoms with van der Waals surface area (Å²) in [7, 11) is 0. The van der Waals surface area contributed by atoms with Gasteiger partial charge in [-0.25, -0.2) is 0 Å². The second kappa shape index (κ2) is 4.77. The van der Waals surface area contributed by atoms with Crippen molar-refractivity contribution < 1.29 is 0 Å². The van der Waals surface area contributed by atoms with Gasteiger partial charge in [0.05, 0.1) is 0 Å². The predicted molar refractivity (Wildman–Crippen MR) is 66.9 cm³/mol. The lowest BCUT2D eigenvalue weighted by atomic mass is 10.1. The molecule has 76 valence electrons. The largest absolute Gasteiger partial charge is 0.264 e. The number of alkyl halides is 1. The summed E-state index contributed by atoms with van der Waals surface area (Å²) >= 11 is 9.22. The second-order valence-electron chi connectivity index (χ2n) is 3.23. The molecule has 0 fully saturated rings. The van der Waals surface area contributed by atoms with Crippen LogP contribution in [0.15, 0.2) is 47.2 Å². The van der Waals surface area contributed by atoms with Crippen molar-refractivity contribution >= 4 is 27.5 Å². The number of pyridine rings is 1. The van der Waals surface area contributed by atoms with Crippen molar-refractivity contribution in [3.8, 4) is 11.1 Å². The lowest BCUT2D eigenvalue weighted by Crippen LogP contribution is -1.84. The van der Waals surface area contributed by atoms with Crippen molar-refractivity contribution in [1.29, 1.82) is 0 Å². The van der Waals surface area contributed by atoms with Crippen LogP contribution in [0.5, 0.6) is 0 Å². The van der Waals surface area contributed by atoms with Gasteiger partial charge < -0.3 is 0 Å². The average Bonchev–Trinajstić information content (AvgIpc) is 2.29. The monoisotopic (exact) mass is 281 g/mol. The SMILES string of the molecule is ClCc1cncc(-c2cccc(Br)c2)c1. The van der Waals surface area contributed by atoms with E-state index in [4.69, 9.17) is 11.6 Å². The number of hydrogen-bond donors (Lipinski definition) is 0. The van der Waals surface area contributed by atoms with Gasteiger partial charge in [-0.3, -0.25) is 4.98 Å². The van der Waals surface area contributed by atoms with Crippen molar-refractivity contribution in [3.05, 3.63) is 52.8 Å². The van der Waals surface area contributed by atoms with Gasteiger partial charge in [0.25, 0.3) is 0 Å². The molecule has 0 aliphatic heterocycles. The van der Waals surface area contributed by atoms with Crippen LogP contribution in [0.4, 0.5) is 0 Å². The summed E-state index contributed by atoms with van der Waals surface area (Å²) in [5, 5.41) is 0. The number of nitrogens with zero attached hydrogens (tertiary/aromatic N) is 1. The third kappa shape index (κ3) is 2.58. The third-order valence-electron chi connectivity index (χ3n) is 2.11. The molecule has 1 nitrogen and oxygen atoms in total. The summed E-state index contributed by atoms with van der Waals surface area (Å²) in [6.07, 6.45) is 3.63. The Kier molecular flexibility index (Phi) is 3.39. The summed E-state index contributed by atoms with van der Waals surface area (Å²) in [5.41, 5.74) is 3.27. The molecule has 1 heterocycles. The first kappa shape index (κ1) is 10.7. The molecule has 2 rings (SSSR count). The quantitative estimate of drug-likeness (QED) is 0.750. The topological polar surface area (TPSA) is 12.9 Å². The summed E-state index contributed by atoms with van der Waals surface area (Å²) < 4.78 is 1.07. The van der Waals surface area contributed by atoms with Crippen LogP contribution in [-0.4, -0.2) is 4.98 Å². The highest BCUT2D eigenvalue weighted by atomic mass is 79.9. The zero-order chi connectivity index (χ0) is 10.7. The van der Waals surface area contributed by atoms with E-state index < -0.39 is 0 Å². The molecule has 0 bridgehead atoms. The molecular formula is C12H9BrClN. The summed E-state index contributed by atoms with van der Waals surface area (Å²) in [4.78, 5) is 4.16. The molecule has 0 radical (unpaired) electrons. The van der Waals surface area contributed by atoms with E-state index in [0.29, 0.717) is 5.88 Å². The van der Waals surface area contributed by atoms with Crippen LogP contribution < -0.4 is 0 Å². The molecule has 3 heteroatoms. The van der Waals surface area contributed by atoms with Gasteiger partial charge >= 0.3 is 0 Å². The fourth-order valence-electron chi connectivity index (χ4n) is 1.39. The Morgan fingerprint density at radius 3 is 2.73 bits per heavy atom. The highest BCUT2D eigenvalue weighted by Gasteiger charge is 1.99. The van der Waals surface area contributed by atoms with E-state index in [1.807, 2.05) is 18.3 Å². The van der Waals surface area contributed by atoms with Gasteiger partial charge in [0.15, 0.2) is 0 Å². The van der Waals surface area contributed by atoms with E-state index >= 15 is 0 Å². The maximum Gasteiger partial charge on any atom is 0.0489 e. The van der Waals surface area contributed by atoms with Crippen LogP contribution in [0.1, 0.15) is 5.56 Å². The molecule has 0 N–H and O–H groups in total. The Balaban J connectivity index is 2.44. The number of benzene rings is 1. The highest BCUT2D eigenvalue weighted by molar-refractivity contribution is 9.10. The van der Waals surface area contributed by atoms with E-state index in [1.54, 1.807) is 6.20 Å². The van der Waals surface area contributed by atoms with Crippen molar-refractivity contribution in [2.75, 3.05) is 0 Å². The van der Waals surface area contributed by atoms with Gasteiger partial charge in [-0.05, 0) is 29.3 Å². The van der Waals surface area contributed by atoms with Crippen molar-refractivity contribution in [3.63, 3.8) is 0 Å². The zero-order valence-corrected chi connectivity index (χ0v) is 10.3. The van der Waals surface area contributed by atoms with Crippen molar-refractivity contribution in [2.24, 2.45) is 0 Å². The maximum atomic E-state index is 5.77. The Bertz CT molecular complexity index is 471. The first-order chi connectivity index (χ1) is 7.29. The second-order valence-corrected chi connectivity index (χ2v) is 4.41. The standard InChI is InChI=1S/C12H9BrClN/c13-12-3-1-2-10(5-12)11-4-9(6-14)7-15-8-11/h1-5,7-8H,6H2. The van der Waals surface area contributed by atoms with Gasteiger partial charge in [-0.15, -0.1) is 11.6 Å². The minimum absolute atomic E-state index is 0.495. The molecule has 0 unspecified atom stereocenters. The fraction of sp³-hybridized carbons (Fsp3) is 0.0833. The summed E-state index contributed by atoms with van der Waals surface area (Å²) in [6.45, 7) is 0. The Labute approximate surface area is 102 Å². The maximum absolute atomic E-state index is 5.77. The normalized spacial score (nSPS) is 10.3. The average molecular weight is 283 g/mol. The fourth-order valence-corrected chi connectivity index (χ4v) is 1.93. The van der Waals surface area contributed by atoms with Crippen LogP contribution in [0.25, 0.3) is 11.1 Å². The van der Waals surface area contributed by atoms with Gasteiger partial charge in [0, 0.05) is 28.3 Å². The minimum Gasteiger partial charge on any atom is -0.264 e. The van der Waals surface area contributed by atoms with Gasteiger partial charge in [-0.1, -0.05) is 28.1 Å². The summed E-state index contributed by atoms with van der Waals surface area (Å²) in [5.74, 6) is 0.495. The van der Waals surface area contributed by atoms with E-state index in [1.165, 1.54) is 0 Å². The Morgan fingerprint density at radius 2 is 2.00 bits per heavy atom. The number of hydrogen-bond acceptors (Lipinski definition) is 1. The van der Waals surface area contributed by atoms with Crippen LogP contribution in [0.3, 0.4) is 0 Å². The molecule has 0 aliphatic carbocycles. The molecule has 0 spiro atoms. The van der Waals surface area contributed by atoms with Gasteiger partial charge in [0.1, 0.15) is 0 Å².